The van der Waals surface area contributed by atoms with Crippen LogP contribution in [0.2, 0.25) is 0 Å². The first-order chi connectivity index (χ1) is 29.6. The van der Waals surface area contributed by atoms with Gasteiger partial charge in [-0.25, -0.2) is 0 Å². The van der Waals surface area contributed by atoms with Crippen LogP contribution in [0.25, 0.3) is 144 Å². The Labute approximate surface area is 339 Å². The molecule has 0 aliphatic heterocycles. The molecule has 2 N–H and O–H groups in total. The third-order valence-electron chi connectivity index (χ3n) is 12.4. The lowest BCUT2D eigenvalue weighted by Gasteiger charge is -2.01. The van der Waals surface area contributed by atoms with Gasteiger partial charge >= 0.3 is 0 Å². The van der Waals surface area contributed by atoms with Crippen LogP contribution in [0.5, 0.6) is 0 Å². The van der Waals surface area contributed by atoms with Gasteiger partial charge in [0.1, 0.15) is 44.7 Å². The van der Waals surface area contributed by atoms with E-state index in [1.165, 1.54) is 11.1 Å². The molecule has 0 spiro atoms. The van der Waals surface area contributed by atoms with E-state index in [1.807, 2.05) is 12.1 Å². The van der Waals surface area contributed by atoms with Gasteiger partial charge in [-0.1, -0.05) is 72.8 Å². The molecule has 0 atom stereocenters. The molecule has 6 aromatic heterocycles. The van der Waals surface area contributed by atoms with Gasteiger partial charge in [0.15, 0.2) is 0 Å². The van der Waals surface area contributed by atoms with Gasteiger partial charge in [0.2, 0.25) is 0 Å². The molecule has 6 nitrogen and oxygen atoms in total. The van der Waals surface area contributed by atoms with Crippen molar-refractivity contribution in [2.75, 3.05) is 0 Å². The Hall–Kier alpha value is -8.22. The van der Waals surface area contributed by atoms with E-state index in [4.69, 9.17) is 17.7 Å². The van der Waals surface area contributed by atoms with E-state index < -0.39 is 0 Å². The van der Waals surface area contributed by atoms with Gasteiger partial charge in [0.05, 0.1) is 11.0 Å². The first-order valence-corrected chi connectivity index (χ1v) is 20.1. The number of rotatable bonds is 4. The van der Waals surface area contributed by atoms with Crippen LogP contribution in [0.3, 0.4) is 0 Å². The average Bonchev–Trinajstić information content (AvgIpc) is 4.15. The second kappa shape index (κ2) is 11.7. The van der Waals surface area contributed by atoms with Crippen molar-refractivity contribution in [3.05, 3.63) is 170 Å². The number of aromatic amines is 2. The highest BCUT2D eigenvalue weighted by Crippen LogP contribution is 2.42. The summed E-state index contributed by atoms with van der Waals surface area (Å²) in [7, 11) is 0. The standard InChI is InChI=1S/C54H30N2O4/c1-3-7-29(8-4-1)31-11-15-47-35(19-31)39-23-53-41(25-51(39)57-47)37-21-33(13-17-49(37)59-53)43-27-45-46(55-43)28-44(56-45)34-14-18-50-38(22-34)42-26-52-40(24-54(42)60-50)36-20-32(12-16-48(36)58-52)30-9-5-2-6-10-30/h1-28,55-56H. The Balaban J connectivity index is 0.804. The first-order valence-electron chi connectivity index (χ1n) is 20.1. The molecule has 8 aromatic carbocycles. The summed E-state index contributed by atoms with van der Waals surface area (Å²) in [6.07, 6.45) is 0. The molecule has 60 heavy (non-hydrogen) atoms. The molecule has 14 rings (SSSR count). The SMILES string of the molecule is c1ccc(-c2ccc3oc4cc5c(cc4c3c2)oc2ccc(-c3cc4[nH]c(-c6ccc7oc8cc9c(cc8c7c6)oc6ccc(-c7ccccc7)cc69)cc4[nH]3)cc25)cc1. The lowest BCUT2D eigenvalue weighted by molar-refractivity contribution is 0.664. The van der Waals surface area contributed by atoms with Crippen molar-refractivity contribution in [1.29, 1.82) is 0 Å². The largest absolute Gasteiger partial charge is 0.456 e. The topological polar surface area (TPSA) is 84.1 Å². The van der Waals surface area contributed by atoms with Crippen molar-refractivity contribution in [3.63, 3.8) is 0 Å². The molecular weight excluding hydrogens is 741 g/mol. The van der Waals surface area contributed by atoms with E-state index in [1.54, 1.807) is 0 Å². The number of H-pyrrole nitrogens is 2. The van der Waals surface area contributed by atoms with E-state index in [-0.39, 0.29) is 0 Å². The van der Waals surface area contributed by atoms with Crippen LogP contribution in [0, 0.1) is 0 Å². The third-order valence-corrected chi connectivity index (χ3v) is 12.4. The zero-order valence-corrected chi connectivity index (χ0v) is 31.8. The zero-order chi connectivity index (χ0) is 39.1. The summed E-state index contributed by atoms with van der Waals surface area (Å²) >= 11 is 0. The molecule has 280 valence electrons. The van der Waals surface area contributed by atoms with Gasteiger partial charge < -0.3 is 27.6 Å². The molecule has 0 amide bonds. The fourth-order valence-electron chi connectivity index (χ4n) is 9.37. The summed E-state index contributed by atoms with van der Waals surface area (Å²) < 4.78 is 25.6. The molecule has 0 aliphatic rings. The van der Waals surface area contributed by atoms with E-state index in [2.05, 4.69) is 168 Å². The van der Waals surface area contributed by atoms with Crippen LogP contribution in [-0.2, 0) is 0 Å². The number of fused-ring (bicyclic) bond motifs is 13. The third kappa shape index (κ3) is 4.64. The second-order valence-corrected chi connectivity index (χ2v) is 15.9. The van der Waals surface area contributed by atoms with Crippen molar-refractivity contribution in [2.24, 2.45) is 0 Å². The van der Waals surface area contributed by atoms with Gasteiger partial charge in [-0.3, -0.25) is 0 Å². The molecule has 0 unspecified atom stereocenters. The molecule has 0 fully saturated rings. The normalized spacial score (nSPS) is 12.3. The lowest BCUT2D eigenvalue weighted by atomic mass is 10.0. The number of furan rings is 4. The van der Waals surface area contributed by atoms with E-state index in [0.717, 1.165) is 132 Å². The Morgan fingerprint density at radius 2 is 0.533 bits per heavy atom. The van der Waals surface area contributed by atoms with Crippen LogP contribution < -0.4 is 0 Å². The number of hydrogen-bond acceptors (Lipinski definition) is 4. The zero-order valence-electron chi connectivity index (χ0n) is 31.8. The van der Waals surface area contributed by atoms with Crippen molar-refractivity contribution >= 4 is 98.8 Å². The Kier molecular flexibility index (Phi) is 6.20. The van der Waals surface area contributed by atoms with Crippen LogP contribution in [0.4, 0.5) is 0 Å². The summed E-state index contributed by atoms with van der Waals surface area (Å²) in [6.45, 7) is 0. The Morgan fingerprint density at radius 3 is 0.883 bits per heavy atom. The van der Waals surface area contributed by atoms with Crippen molar-refractivity contribution in [2.45, 2.75) is 0 Å². The summed E-state index contributed by atoms with van der Waals surface area (Å²) in [5.41, 5.74) is 17.7. The molecular formula is C54H30N2O4. The molecule has 6 heterocycles. The minimum atomic E-state index is 0.840. The van der Waals surface area contributed by atoms with Crippen LogP contribution >= 0.6 is 0 Å². The molecule has 0 aliphatic carbocycles. The predicted molar refractivity (Wildman–Crippen MR) is 244 cm³/mol. The maximum absolute atomic E-state index is 6.43. The van der Waals surface area contributed by atoms with E-state index >= 15 is 0 Å². The summed E-state index contributed by atoms with van der Waals surface area (Å²) in [5.74, 6) is 0. The van der Waals surface area contributed by atoms with Gasteiger partial charge in [-0.2, -0.15) is 0 Å². The fraction of sp³-hybridized carbons (Fsp3) is 0. The average molecular weight is 771 g/mol. The van der Waals surface area contributed by atoms with Crippen LogP contribution in [0.15, 0.2) is 188 Å². The highest BCUT2D eigenvalue weighted by Gasteiger charge is 2.18. The number of hydrogen-bond donors (Lipinski definition) is 2. The predicted octanol–water partition coefficient (Wildman–Crippen LogP) is 15.8. The van der Waals surface area contributed by atoms with Crippen molar-refractivity contribution in [3.8, 4) is 44.8 Å². The highest BCUT2D eigenvalue weighted by atomic mass is 16.3. The Morgan fingerprint density at radius 1 is 0.233 bits per heavy atom. The lowest BCUT2D eigenvalue weighted by Crippen LogP contribution is -1.79. The summed E-state index contributed by atoms with van der Waals surface area (Å²) in [5, 5.41) is 8.40. The summed E-state index contributed by atoms with van der Waals surface area (Å²) in [4.78, 5) is 7.34. The molecule has 14 aromatic rings. The quantitative estimate of drug-likeness (QED) is 0.187. The van der Waals surface area contributed by atoms with Gasteiger partial charge in [0, 0.05) is 54.5 Å². The molecule has 0 bridgehead atoms. The van der Waals surface area contributed by atoms with Crippen molar-refractivity contribution < 1.29 is 17.7 Å². The van der Waals surface area contributed by atoms with Gasteiger partial charge in [0.25, 0.3) is 0 Å². The molecule has 6 heteroatoms. The maximum atomic E-state index is 6.43. The number of nitrogens with one attached hydrogen (secondary N) is 2. The Bertz CT molecular complexity index is 3770. The number of aromatic nitrogens is 2. The van der Waals surface area contributed by atoms with Gasteiger partial charge in [-0.15, -0.1) is 0 Å². The number of benzene rings is 8. The molecule has 0 saturated carbocycles. The fourth-order valence-corrected chi connectivity index (χ4v) is 9.37. The van der Waals surface area contributed by atoms with E-state index in [9.17, 15) is 0 Å². The van der Waals surface area contributed by atoms with Crippen LogP contribution in [0.1, 0.15) is 0 Å². The smallest absolute Gasteiger partial charge is 0.136 e. The monoisotopic (exact) mass is 770 g/mol. The minimum Gasteiger partial charge on any atom is -0.456 e. The molecule has 0 radical (unpaired) electrons. The first kappa shape index (κ1) is 31.8. The minimum absolute atomic E-state index is 0.840. The van der Waals surface area contributed by atoms with Crippen LogP contribution in [-0.4, -0.2) is 9.97 Å². The second-order valence-electron chi connectivity index (χ2n) is 15.9. The van der Waals surface area contributed by atoms with E-state index in [0.29, 0.717) is 0 Å². The maximum Gasteiger partial charge on any atom is 0.136 e. The summed E-state index contributed by atoms with van der Waals surface area (Å²) in [6, 6.07) is 59.2. The highest BCUT2D eigenvalue weighted by molar-refractivity contribution is 6.17. The van der Waals surface area contributed by atoms with Crippen molar-refractivity contribution in [1.82, 2.24) is 9.97 Å². The van der Waals surface area contributed by atoms with Gasteiger partial charge in [-0.05, 0) is 130 Å². The molecule has 0 saturated heterocycles.